The molecule has 3 nitrogen and oxygen atoms in total. The van der Waals surface area contributed by atoms with Crippen LogP contribution in [0.2, 0.25) is 5.02 Å². The summed E-state index contributed by atoms with van der Waals surface area (Å²) in [5.41, 5.74) is 1.06. The Bertz CT molecular complexity index is 374. The van der Waals surface area contributed by atoms with Crippen molar-refractivity contribution in [1.82, 2.24) is 5.32 Å². The van der Waals surface area contributed by atoms with E-state index in [0.29, 0.717) is 6.61 Å². The van der Waals surface area contributed by atoms with Gasteiger partial charge in [0.2, 0.25) is 0 Å². The van der Waals surface area contributed by atoms with Crippen LogP contribution in [0.1, 0.15) is 24.9 Å². The molecule has 1 aliphatic heterocycles. The van der Waals surface area contributed by atoms with Gasteiger partial charge in [0.05, 0.1) is 6.61 Å². The minimum Gasteiger partial charge on any atom is -0.378 e. The van der Waals surface area contributed by atoms with Crippen molar-refractivity contribution < 1.29 is 9.47 Å². The average molecular weight is 270 g/mol. The molecule has 18 heavy (non-hydrogen) atoms. The summed E-state index contributed by atoms with van der Waals surface area (Å²) >= 11 is 5.88. The summed E-state index contributed by atoms with van der Waals surface area (Å²) in [6.07, 6.45) is 0.948. The van der Waals surface area contributed by atoms with Gasteiger partial charge in [0.25, 0.3) is 0 Å². The molecule has 1 N–H and O–H groups in total. The lowest BCUT2D eigenvalue weighted by Crippen LogP contribution is -2.43. The Kier molecular flexibility index (Phi) is 4.62. The Morgan fingerprint density at radius 1 is 1.44 bits per heavy atom. The molecule has 2 rings (SSSR count). The molecule has 0 aromatic heterocycles. The number of ether oxygens (including phenoxy) is 2. The van der Waals surface area contributed by atoms with Crippen molar-refractivity contribution in [2.75, 3.05) is 26.9 Å². The Morgan fingerprint density at radius 3 is 2.72 bits per heavy atom. The van der Waals surface area contributed by atoms with Crippen molar-refractivity contribution in [2.45, 2.75) is 25.0 Å². The number of hydrogen-bond acceptors (Lipinski definition) is 3. The molecule has 1 aromatic rings. The summed E-state index contributed by atoms with van der Waals surface area (Å²) in [5.74, 6) is 0. The molecule has 0 aliphatic carbocycles. The maximum atomic E-state index is 5.88. The second-order valence-electron chi connectivity index (χ2n) is 4.84. The van der Waals surface area contributed by atoms with Crippen LogP contribution in [0.5, 0.6) is 0 Å². The molecule has 0 radical (unpaired) electrons. The van der Waals surface area contributed by atoms with E-state index >= 15 is 0 Å². The zero-order valence-corrected chi connectivity index (χ0v) is 11.7. The maximum Gasteiger partial charge on any atom is 0.106 e. The van der Waals surface area contributed by atoms with E-state index in [1.165, 1.54) is 5.56 Å². The summed E-state index contributed by atoms with van der Waals surface area (Å²) in [6, 6.07) is 8.20. The van der Waals surface area contributed by atoms with Crippen molar-refractivity contribution in [1.29, 1.82) is 0 Å². The normalized spacial score (nSPS) is 25.3. The highest BCUT2D eigenvalue weighted by Gasteiger charge is 2.34. The van der Waals surface area contributed by atoms with Gasteiger partial charge >= 0.3 is 0 Å². The van der Waals surface area contributed by atoms with Crippen molar-refractivity contribution in [3.8, 4) is 0 Å². The lowest BCUT2D eigenvalue weighted by molar-refractivity contribution is -0.0172. The van der Waals surface area contributed by atoms with Crippen molar-refractivity contribution in [2.24, 2.45) is 0 Å². The zero-order valence-electron chi connectivity index (χ0n) is 10.9. The van der Waals surface area contributed by atoms with Crippen LogP contribution in [-0.4, -0.2) is 32.5 Å². The largest absolute Gasteiger partial charge is 0.378 e. The molecule has 0 amide bonds. The molecule has 2 unspecified atom stereocenters. The number of benzene rings is 1. The van der Waals surface area contributed by atoms with Gasteiger partial charge in [-0.1, -0.05) is 23.7 Å². The Labute approximate surface area is 113 Å². The summed E-state index contributed by atoms with van der Waals surface area (Å²) in [4.78, 5) is 0. The van der Waals surface area contributed by atoms with Gasteiger partial charge < -0.3 is 14.8 Å². The number of nitrogens with one attached hydrogen (secondary N) is 1. The number of methoxy groups -OCH3 is 1. The highest BCUT2D eigenvalue weighted by Crippen LogP contribution is 2.23. The molecular formula is C14H20ClNO2. The smallest absolute Gasteiger partial charge is 0.106 e. The Hall–Kier alpha value is -0.610. The lowest BCUT2D eigenvalue weighted by atomic mass is 10.0. The molecule has 1 aromatic carbocycles. The topological polar surface area (TPSA) is 30.5 Å². The van der Waals surface area contributed by atoms with Gasteiger partial charge in [-0.15, -0.1) is 0 Å². The molecule has 1 fully saturated rings. The van der Waals surface area contributed by atoms with Crippen molar-refractivity contribution >= 4 is 11.6 Å². The van der Waals surface area contributed by atoms with Gasteiger partial charge in [0.1, 0.15) is 5.60 Å². The highest BCUT2D eigenvalue weighted by molar-refractivity contribution is 6.30. The van der Waals surface area contributed by atoms with E-state index in [9.17, 15) is 0 Å². The van der Waals surface area contributed by atoms with Gasteiger partial charge in [-0.25, -0.2) is 0 Å². The monoisotopic (exact) mass is 269 g/mol. The van der Waals surface area contributed by atoms with Gasteiger partial charge in [-0.3, -0.25) is 0 Å². The predicted octanol–water partition coefficient (Wildman–Crippen LogP) is 2.80. The third-order valence-corrected chi connectivity index (χ3v) is 3.85. The average Bonchev–Trinajstić information content (AvgIpc) is 2.86. The predicted molar refractivity (Wildman–Crippen MR) is 73.0 cm³/mol. The van der Waals surface area contributed by atoms with Crippen LogP contribution >= 0.6 is 11.6 Å². The van der Waals surface area contributed by atoms with Crippen LogP contribution in [0.4, 0.5) is 0 Å². The molecule has 0 spiro atoms. The van der Waals surface area contributed by atoms with Crippen LogP contribution in [0.25, 0.3) is 0 Å². The van der Waals surface area contributed by atoms with Crippen molar-refractivity contribution in [3.05, 3.63) is 34.9 Å². The Morgan fingerprint density at radius 2 is 2.17 bits per heavy atom. The molecule has 1 aliphatic rings. The number of hydrogen-bond donors (Lipinski definition) is 1. The van der Waals surface area contributed by atoms with E-state index in [2.05, 4.69) is 12.2 Å². The molecule has 0 saturated carbocycles. The molecule has 2 atom stereocenters. The SMILES string of the molecule is COC1(CNC(C)c2ccc(Cl)cc2)CCOC1. The third kappa shape index (κ3) is 3.23. The maximum absolute atomic E-state index is 5.88. The fourth-order valence-electron chi connectivity index (χ4n) is 2.17. The first-order valence-electron chi connectivity index (χ1n) is 6.27. The molecular weight excluding hydrogens is 250 g/mol. The third-order valence-electron chi connectivity index (χ3n) is 3.60. The van der Waals surface area contributed by atoms with Crippen LogP contribution in [-0.2, 0) is 9.47 Å². The first-order chi connectivity index (χ1) is 8.65. The molecule has 100 valence electrons. The van der Waals surface area contributed by atoms with Crippen LogP contribution < -0.4 is 5.32 Å². The zero-order chi connectivity index (χ0) is 13.0. The Balaban J connectivity index is 1.91. The fraction of sp³-hybridized carbons (Fsp3) is 0.571. The summed E-state index contributed by atoms with van der Waals surface area (Å²) in [6.45, 7) is 4.39. The van der Waals surface area contributed by atoms with E-state index in [4.69, 9.17) is 21.1 Å². The van der Waals surface area contributed by atoms with E-state index in [0.717, 1.165) is 24.6 Å². The minimum absolute atomic E-state index is 0.166. The first kappa shape index (κ1) is 13.8. The quantitative estimate of drug-likeness (QED) is 0.892. The van der Waals surface area contributed by atoms with E-state index in [1.807, 2.05) is 24.3 Å². The second kappa shape index (κ2) is 6.02. The molecule has 4 heteroatoms. The van der Waals surface area contributed by atoms with Gasteiger partial charge in [-0.2, -0.15) is 0 Å². The van der Waals surface area contributed by atoms with Crippen molar-refractivity contribution in [3.63, 3.8) is 0 Å². The van der Waals surface area contributed by atoms with E-state index in [1.54, 1.807) is 7.11 Å². The van der Waals surface area contributed by atoms with E-state index < -0.39 is 0 Å². The number of halogens is 1. The molecule has 1 saturated heterocycles. The first-order valence-corrected chi connectivity index (χ1v) is 6.65. The van der Waals surface area contributed by atoms with E-state index in [-0.39, 0.29) is 11.6 Å². The molecule has 0 bridgehead atoms. The standard InChI is InChI=1S/C14H20ClNO2/c1-11(12-3-5-13(15)6-4-12)16-9-14(17-2)7-8-18-10-14/h3-6,11,16H,7-10H2,1-2H3. The van der Waals surface area contributed by atoms with Gasteiger partial charge in [-0.05, 0) is 24.6 Å². The van der Waals surface area contributed by atoms with Gasteiger partial charge in [0, 0.05) is 37.7 Å². The fourth-order valence-corrected chi connectivity index (χ4v) is 2.30. The second-order valence-corrected chi connectivity index (χ2v) is 5.28. The minimum atomic E-state index is -0.166. The lowest BCUT2D eigenvalue weighted by Gasteiger charge is -2.28. The molecule has 1 heterocycles. The van der Waals surface area contributed by atoms with Crippen LogP contribution in [0, 0.1) is 0 Å². The highest BCUT2D eigenvalue weighted by atomic mass is 35.5. The summed E-state index contributed by atoms with van der Waals surface area (Å²) < 4.78 is 11.0. The van der Waals surface area contributed by atoms with Gasteiger partial charge in [0.15, 0.2) is 0 Å². The summed E-state index contributed by atoms with van der Waals surface area (Å²) in [7, 11) is 1.75. The summed E-state index contributed by atoms with van der Waals surface area (Å²) in [5, 5.41) is 4.27. The van der Waals surface area contributed by atoms with Crippen LogP contribution in [0.15, 0.2) is 24.3 Å². The number of rotatable bonds is 5. The van der Waals surface area contributed by atoms with Crippen LogP contribution in [0.3, 0.4) is 0 Å².